The lowest BCUT2D eigenvalue weighted by Crippen LogP contribution is -2.55. The number of carbonyl (C=O) groups excluding carboxylic acids is 1. The Labute approximate surface area is 226 Å². The summed E-state index contributed by atoms with van der Waals surface area (Å²) in [6.07, 6.45) is 1.03. The lowest BCUT2D eigenvalue weighted by Gasteiger charge is -2.48. The molecule has 0 saturated carbocycles. The zero-order chi connectivity index (χ0) is 27.7. The van der Waals surface area contributed by atoms with Gasteiger partial charge in [0.05, 0.1) is 18.1 Å². The van der Waals surface area contributed by atoms with Gasteiger partial charge in [0, 0.05) is 5.69 Å². The molecule has 0 N–H and O–H groups in total. The molecule has 1 saturated heterocycles. The fourth-order valence-corrected chi connectivity index (χ4v) is 6.87. The summed E-state index contributed by atoms with van der Waals surface area (Å²) in [4.78, 5) is 15.3. The van der Waals surface area contributed by atoms with E-state index in [0.717, 1.165) is 16.9 Å². The van der Waals surface area contributed by atoms with Crippen LogP contribution in [0.4, 0.5) is 14.5 Å². The summed E-state index contributed by atoms with van der Waals surface area (Å²) in [6, 6.07) is 20.3. The second kappa shape index (κ2) is 11.1. The lowest BCUT2D eigenvalue weighted by atomic mass is 9.78. The van der Waals surface area contributed by atoms with E-state index in [0.29, 0.717) is 18.5 Å². The number of halogens is 2. The van der Waals surface area contributed by atoms with Crippen LogP contribution >= 0.6 is 0 Å². The predicted molar refractivity (Wildman–Crippen MR) is 153 cm³/mol. The average Bonchev–Trinajstić information content (AvgIpc) is 2.82. The number of β-lactam (4-membered cyclic amide) rings is 1. The molecule has 0 aliphatic carbocycles. The zero-order valence-corrected chi connectivity index (χ0v) is 25.0. The molecule has 1 fully saturated rings. The standard InChI is InChI=1S/C30H37F2NO3Si2/c1-37(2,3)35-26-17-9-22(10-18-26)29-27(30(34)33(29)25-15-13-24(32)14-16-25)19-20-28(36-38(4,5)6)21-7-11-23(31)12-8-21/h7-18,27-29H,19-20H2,1-6H3. The van der Waals surface area contributed by atoms with Crippen LogP contribution in [0.1, 0.15) is 36.1 Å². The van der Waals surface area contributed by atoms with Gasteiger partial charge in [0.15, 0.2) is 8.32 Å². The van der Waals surface area contributed by atoms with Gasteiger partial charge < -0.3 is 13.8 Å². The molecule has 1 aliphatic rings. The minimum absolute atomic E-state index is 0.00916. The molecule has 38 heavy (non-hydrogen) atoms. The number of anilines is 1. The third kappa shape index (κ3) is 6.98. The van der Waals surface area contributed by atoms with Crippen molar-refractivity contribution in [3.63, 3.8) is 0 Å². The van der Waals surface area contributed by atoms with Crippen LogP contribution in [0.3, 0.4) is 0 Å². The molecule has 1 amide bonds. The molecule has 0 spiro atoms. The van der Waals surface area contributed by atoms with Crippen LogP contribution in [-0.4, -0.2) is 22.5 Å². The molecule has 3 aromatic rings. The summed E-state index contributed by atoms with van der Waals surface area (Å²) in [5.41, 5.74) is 2.60. The van der Waals surface area contributed by atoms with E-state index in [-0.39, 0.29) is 35.6 Å². The van der Waals surface area contributed by atoms with E-state index in [4.69, 9.17) is 8.85 Å². The number of rotatable bonds is 10. The molecule has 3 aromatic carbocycles. The van der Waals surface area contributed by atoms with E-state index in [9.17, 15) is 13.6 Å². The van der Waals surface area contributed by atoms with E-state index in [2.05, 4.69) is 39.3 Å². The van der Waals surface area contributed by atoms with Gasteiger partial charge in [0.1, 0.15) is 17.4 Å². The summed E-state index contributed by atoms with van der Waals surface area (Å²) >= 11 is 0. The highest BCUT2D eigenvalue weighted by Crippen LogP contribution is 2.47. The zero-order valence-electron chi connectivity index (χ0n) is 23.0. The smallest absolute Gasteiger partial charge is 0.242 e. The first-order valence-corrected chi connectivity index (χ1v) is 19.9. The molecule has 8 heteroatoms. The molecule has 1 heterocycles. The number of nitrogens with zero attached hydrogens (tertiary/aromatic N) is 1. The minimum Gasteiger partial charge on any atom is -0.544 e. The third-order valence-corrected chi connectivity index (χ3v) is 8.28. The van der Waals surface area contributed by atoms with Gasteiger partial charge in [-0.05, 0) is 112 Å². The highest BCUT2D eigenvalue weighted by Gasteiger charge is 2.48. The van der Waals surface area contributed by atoms with Gasteiger partial charge in [-0.2, -0.15) is 0 Å². The Balaban J connectivity index is 1.60. The topological polar surface area (TPSA) is 38.8 Å². The number of benzene rings is 3. The van der Waals surface area contributed by atoms with Crippen molar-refractivity contribution in [3.05, 3.63) is 95.6 Å². The number of carbonyl (C=O) groups is 1. The van der Waals surface area contributed by atoms with Crippen LogP contribution in [0.5, 0.6) is 5.75 Å². The maximum Gasteiger partial charge on any atom is 0.242 e. The van der Waals surface area contributed by atoms with Gasteiger partial charge in [0.25, 0.3) is 0 Å². The fourth-order valence-electron chi connectivity index (χ4n) is 4.92. The van der Waals surface area contributed by atoms with Crippen LogP contribution in [-0.2, 0) is 9.22 Å². The maximum atomic E-state index is 13.6. The van der Waals surface area contributed by atoms with Crippen molar-refractivity contribution in [1.82, 2.24) is 0 Å². The van der Waals surface area contributed by atoms with E-state index in [1.165, 1.54) is 24.3 Å². The van der Waals surface area contributed by atoms with Crippen molar-refractivity contribution >= 4 is 28.2 Å². The molecule has 3 unspecified atom stereocenters. The fraction of sp³-hybridized carbons (Fsp3) is 0.367. The molecule has 0 aromatic heterocycles. The van der Waals surface area contributed by atoms with Gasteiger partial charge in [-0.25, -0.2) is 8.78 Å². The molecule has 4 rings (SSSR count). The van der Waals surface area contributed by atoms with Gasteiger partial charge >= 0.3 is 0 Å². The summed E-state index contributed by atoms with van der Waals surface area (Å²) in [6.45, 7) is 12.8. The Morgan fingerprint density at radius 2 is 1.34 bits per heavy atom. The Morgan fingerprint density at radius 1 is 0.789 bits per heavy atom. The van der Waals surface area contributed by atoms with Crippen molar-refractivity contribution in [1.29, 1.82) is 0 Å². The van der Waals surface area contributed by atoms with Crippen LogP contribution in [0.25, 0.3) is 0 Å². The number of amides is 1. The van der Waals surface area contributed by atoms with Crippen LogP contribution in [0.15, 0.2) is 72.8 Å². The summed E-state index contributed by atoms with van der Waals surface area (Å²) in [5.74, 6) is -0.0465. The van der Waals surface area contributed by atoms with Crippen molar-refractivity contribution in [2.24, 2.45) is 5.92 Å². The second-order valence-electron chi connectivity index (χ2n) is 11.9. The normalized spacial score (nSPS) is 18.7. The SMILES string of the molecule is C[Si](C)(C)Oc1ccc(C2C(CCC(O[Si](C)(C)C)c3ccc(F)cc3)C(=O)N2c2ccc(F)cc2)cc1. The molecular weight excluding hydrogens is 517 g/mol. The molecule has 1 aliphatic heterocycles. The molecule has 3 atom stereocenters. The number of hydrogen-bond acceptors (Lipinski definition) is 3. The van der Waals surface area contributed by atoms with Gasteiger partial charge in [0.2, 0.25) is 14.2 Å². The maximum absolute atomic E-state index is 13.6. The molecule has 0 bridgehead atoms. The first kappa shape index (κ1) is 28.2. The van der Waals surface area contributed by atoms with E-state index >= 15 is 0 Å². The second-order valence-corrected chi connectivity index (χ2v) is 20.8. The lowest BCUT2D eigenvalue weighted by molar-refractivity contribution is -0.131. The highest BCUT2D eigenvalue weighted by atomic mass is 28.4. The van der Waals surface area contributed by atoms with Crippen LogP contribution in [0.2, 0.25) is 39.3 Å². The van der Waals surface area contributed by atoms with Crippen LogP contribution < -0.4 is 9.33 Å². The largest absolute Gasteiger partial charge is 0.544 e. The quantitative estimate of drug-likeness (QED) is 0.187. The van der Waals surface area contributed by atoms with E-state index in [1.807, 2.05) is 24.3 Å². The van der Waals surface area contributed by atoms with Crippen molar-refractivity contribution in [2.45, 2.75) is 64.3 Å². The minimum atomic E-state index is -1.91. The Kier molecular flexibility index (Phi) is 8.25. The number of hydrogen-bond donors (Lipinski definition) is 0. The first-order valence-electron chi connectivity index (χ1n) is 13.1. The van der Waals surface area contributed by atoms with Crippen molar-refractivity contribution in [3.8, 4) is 5.75 Å². The third-order valence-electron chi connectivity index (χ3n) is 6.44. The summed E-state index contributed by atoms with van der Waals surface area (Å²) < 4.78 is 39.8. The Bertz CT molecular complexity index is 1240. The average molecular weight is 554 g/mol. The molecule has 0 radical (unpaired) electrons. The predicted octanol–water partition coefficient (Wildman–Crippen LogP) is 8.26. The van der Waals surface area contributed by atoms with Crippen LogP contribution in [0, 0.1) is 17.6 Å². The summed E-state index contributed by atoms with van der Waals surface area (Å²) in [5, 5.41) is 0. The molecular formula is C30H37F2NO3Si2. The van der Waals surface area contributed by atoms with Gasteiger partial charge in [-0.3, -0.25) is 4.79 Å². The van der Waals surface area contributed by atoms with Crippen molar-refractivity contribution in [2.75, 3.05) is 4.90 Å². The molecule has 4 nitrogen and oxygen atoms in total. The summed E-state index contributed by atoms with van der Waals surface area (Å²) in [7, 11) is -3.66. The Morgan fingerprint density at radius 3 is 1.87 bits per heavy atom. The van der Waals surface area contributed by atoms with Crippen molar-refractivity contribution < 1.29 is 22.4 Å². The molecule has 202 valence electrons. The Hall–Kier alpha value is -2.82. The van der Waals surface area contributed by atoms with E-state index in [1.54, 1.807) is 29.2 Å². The monoisotopic (exact) mass is 553 g/mol. The van der Waals surface area contributed by atoms with Gasteiger partial charge in [-0.15, -0.1) is 0 Å². The van der Waals surface area contributed by atoms with E-state index < -0.39 is 16.6 Å². The van der Waals surface area contributed by atoms with Gasteiger partial charge in [-0.1, -0.05) is 24.3 Å². The first-order chi connectivity index (χ1) is 17.8. The highest BCUT2D eigenvalue weighted by molar-refractivity contribution is 6.70.